The average Bonchev–Trinajstić information content (AvgIpc) is 3.06. The molecule has 1 saturated heterocycles. The summed E-state index contributed by atoms with van der Waals surface area (Å²) in [6.45, 7) is 5.88. The molecule has 1 amide bonds. The topological polar surface area (TPSA) is 79.4 Å². The number of rotatable bonds is 7. The van der Waals surface area contributed by atoms with Gasteiger partial charge in [0, 0.05) is 25.8 Å². The molecule has 1 aliphatic rings. The maximum atomic E-state index is 12.4. The van der Waals surface area contributed by atoms with Crippen LogP contribution in [-0.4, -0.2) is 49.0 Å². The zero-order valence-electron chi connectivity index (χ0n) is 13.5. The van der Waals surface area contributed by atoms with Gasteiger partial charge in [0.2, 0.25) is 15.9 Å². The zero-order chi connectivity index (χ0) is 16.9. The summed E-state index contributed by atoms with van der Waals surface area (Å²) < 4.78 is 26.2. The van der Waals surface area contributed by atoms with Crippen LogP contribution in [0.4, 0.5) is 0 Å². The number of thioether (sulfide) groups is 1. The number of nitrogens with one attached hydrogen (secondary N) is 1. The summed E-state index contributed by atoms with van der Waals surface area (Å²) >= 11 is 1.30. The summed E-state index contributed by atoms with van der Waals surface area (Å²) in [6.07, 6.45) is 3.19. The quantitative estimate of drug-likeness (QED) is 0.752. The SMILES string of the molecule is CC(C)CNC(=O)CSc1ccc(S(=O)(=O)N2CCCC2)cn1. The van der Waals surface area contributed by atoms with Gasteiger partial charge in [0.05, 0.1) is 10.8 Å². The summed E-state index contributed by atoms with van der Waals surface area (Å²) in [5, 5.41) is 3.48. The maximum Gasteiger partial charge on any atom is 0.244 e. The van der Waals surface area contributed by atoms with Crippen LogP contribution in [0.1, 0.15) is 26.7 Å². The Balaban J connectivity index is 1.90. The summed E-state index contributed by atoms with van der Waals surface area (Å²) in [4.78, 5) is 16.0. The van der Waals surface area contributed by atoms with Crippen molar-refractivity contribution in [1.29, 1.82) is 0 Å². The van der Waals surface area contributed by atoms with Gasteiger partial charge in [-0.3, -0.25) is 4.79 Å². The van der Waals surface area contributed by atoms with Gasteiger partial charge in [-0.1, -0.05) is 25.6 Å². The molecule has 0 aromatic carbocycles. The molecule has 0 radical (unpaired) electrons. The van der Waals surface area contributed by atoms with Crippen molar-refractivity contribution in [2.75, 3.05) is 25.4 Å². The zero-order valence-corrected chi connectivity index (χ0v) is 15.1. The molecule has 1 N–H and O–H groups in total. The van der Waals surface area contributed by atoms with E-state index in [1.54, 1.807) is 12.1 Å². The summed E-state index contributed by atoms with van der Waals surface area (Å²) in [5.74, 6) is 0.647. The second kappa shape index (κ2) is 8.12. The molecule has 0 unspecified atom stereocenters. The Hall–Kier alpha value is -1.12. The summed E-state index contributed by atoms with van der Waals surface area (Å²) in [5.41, 5.74) is 0. The largest absolute Gasteiger partial charge is 0.355 e. The number of sulfonamides is 1. The van der Waals surface area contributed by atoms with Crippen molar-refractivity contribution < 1.29 is 13.2 Å². The maximum absolute atomic E-state index is 12.4. The van der Waals surface area contributed by atoms with Crippen LogP contribution in [0.15, 0.2) is 28.3 Å². The lowest BCUT2D eigenvalue weighted by Crippen LogP contribution is -2.28. The number of pyridine rings is 1. The smallest absolute Gasteiger partial charge is 0.244 e. The summed E-state index contributed by atoms with van der Waals surface area (Å²) in [7, 11) is -3.42. The molecule has 2 heterocycles. The van der Waals surface area contributed by atoms with E-state index in [4.69, 9.17) is 0 Å². The van der Waals surface area contributed by atoms with E-state index in [1.165, 1.54) is 22.3 Å². The first-order valence-electron chi connectivity index (χ1n) is 7.75. The highest BCUT2D eigenvalue weighted by Gasteiger charge is 2.27. The van der Waals surface area contributed by atoms with Crippen LogP contribution < -0.4 is 5.32 Å². The van der Waals surface area contributed by atoms with Gasteiger partial charge in [0.1, 0.15) is 4.90 Å². The fourth-order valence-corrected chi connectivity index (χ4v) is 4.33. The number of aromatic nitrogens is 1. The Morgan fingerprint density at radius 2 is 2.04 bits per heavy atom. The lowest BCUT2D eigenvalue weighted by Gasteiger charge is -2.15. The predicted octanol–water partition coefficient (Wildman–Crippen LogP) is 1.73. The molecule has 2 rings (SSSR count). The molecule has 8 heteroatoms. The average molecular weight is 358 g/mol. The van der Waals surface area contributed by atoms with Crippen LogP contribution in [0.3, 0.4) is 0 Å². The Bertz CT molecular complexity index is 624. The molecule has 1 aromatic rings. The number of carbonyl (C=O) groups is 1. The Kier molecular flexibility index (Phi) is 6.43. The molecule has 1 aliphatic heterocycles. The van der Waals surface area contributed by atoms with Crippen LogP contribution in [0.5, 0.6) is 0 Å². The lowest BCUT2D eigenvalue weighted by atomic mass is 10.2. The molecule has 0 atom stereocenters. The second-order valence-electron chi connectivity index (χ2n) is 5.93. The molecular weight excluding hydrogens is 334 g/mol. The van der Waals surface area contributed by atoms with Gasteiger partial charge >= 0.3 is 0 Å². The molecule has 1 fully saturated rings. The van der Waals surface area contributed by atoms with Gasteiger partial charge in [0.25, 0.3) is 0 Å². The van der Waals surface area contributed by atoms with Crippen molar-refractivity contribution in [3.8, 4) is 0 Å². The number of amides is 1. The van der Waals surface area contributed by atoms with E-state index >= 15 is 0 Å². The van der Waals surface area contributed by atoms with Crippen LogP contribution in [0.25, 0.3) is 0 Å². The number of nitrogens with zero attached hydrogens (tertiary/aromatic N) is 2. The van der Waals surface area contributed by atoms with Crippen LogP contribution >= 0.6 is 11.8 Å². The second-order valence-corrected chi connectivity index (χ2v) is 8.86. The van der Waals surface area contributed by atoms with Crippen molar-refractivity contribution in [2.24, 2.45) is 5.92 Å². The molecule has 0 spiro atoms. The summed E-state index contributed by atoms with van der Waals surface area (Å²) in [6, 6.07) is 3.22. The fraction of sp³-hybridized carbons (Fsp3) is 0.600. The van der Waals surface area contributed by atoms with E-state index in [2.05, 4.69) is 10.3 Å². The molecule has 128 valence electrons. The normalized spacial score (nSPS) is 16.0. The van der Waals surface area contributed by atoms with E-state index in [9.17, 15) is 13.2 Å². The first-order chi connectivity index (χ1) is 10.9. The van der Waals surface area contributed by atoms with E-state index in [0.717, 1.165) is 12.8 Å². The van der Waals surface area contributed by atoms with Crippen molar-refractivity contribution in [3.05, 3.63) is 18.3 Å². The first-order valence-corrected chi connectivity index (χ1v) is 10.2. The highest BCUT2D eigenvalue weighted by Crippen LogP contribution is 2.22. The van der Waals surface area contributed by atoms with Crippen LogP contribution in [-0.2, 0) is 14.8 Å². The molecule has 0 aliphatic carbocycles. The van der Waals surface area contributed by atoms with Gasteiger partial charge in [-0.15, -0.1) is 0 Å². The van der Waals surface area contributed by atoms with Crippen molar-refractivity contribution in [2.45, 2.75) is 36.6 Å². The monoisotopic (exact) mass is 357 g/mol. The number of carbonyl (C=O) groups excluding carboxylic acids is 1. The lowest BCUT2D eigenvalue weighted by molar-refractivity contribution is -0.118. The number of hydrogen-bond acceptors (Lipinski definition) is 5. The molecule has 0 bridgehead atoms. The van der Waals surface area contributed by atoms with Gasteiger partial charge in [-0.25, -0.2) is 13.4 Å². The highest BCUT2D eigenvalue weighted by atomic mass is 32.2. The first kappa shape index (κ1) is 18.2. The Morgan fingerprint density at radius 3 is 2.61 bits per heavy atom. The Morgan fingerprint density at radius 1 is 1.35 bits per heavy atom. The molecule has 23 heavy (non-hydrogen) atoms. The fourth-order valence-electron chi connectivity index (χ4n) is 2.19. The standard InChI is InChI=1S/C15H23N3O3S2/c1-12(2)9-16-14(19)11-22-15-6-5-13(10-17-15)23(20,21)18-7-3-4-8-18/h5-6,10,12H,3-4,7-9,11H2,1-2H3,(H,16,19). The van der Waals surface area contributed by atoms with Gasteiger partial charge in [-0.2, -0.15) is 4.31 Å². The molecule has 0 saturated carbocycles. The van der Waals surface area contributed by atoms with E-state index < -0.39 is 10.0 Å². The molecule has 6 nitrogen and oxygen atoms in total. The van der Waals surface area contributed by atoms with Gasteiger partial charge < -0.3 is 5.32 Å². The van der Waals surface area contributed by atoms with Crippen molar-refractivity contribution in [1.82, 2.24) is 14.6 Å². The highest BCUT2D eigenvalue weighted by molar-refractivity contribution is 7.99. The minimum absolute atomic E-state index is 0.0423. The number of hydrogen-bond donors (Lipinski definition) is 1. The van der Waals surface area contributed by atoms with E-state index in [-0.39, 0.29) is 16.6 Å². The third-order valence-corrected chi connectivity index (χ3v) is 6.30. The molecule has 1 aromatic heterocycles. The minimum Gasteiger partial charge on any atom is -0.355 e. The van der Waals surface area contributed by atoms with Gasteiger partial charge in [0.15, 0.2) is 0 Å². The van der Waals surface area contributed by atoms with E-state index in [1.807, 2.05) is 13.8 Å². The van der Waals surface area contributed by atoms with Crippen molar-refractivity contribution >= 4 is 27.7 Å². The van der Waals surface area contributed by atoms with Crippen molar-refractivity contribution in [3.63, 3.8) is 0 Å². The third-order valence-electron chi connectivity index (χ3n) is 3.47. The third kappa shape index (κ3) is 5.19. The van der Waals surface area contributed by atoms with Crippen LogP contribution in [0, 0.1) is 5.92 Å². The predicted molar refractivity (Wildman–Crippen MR) is 90.8 cm³/mol. The molecular formula is C15H23N3O3S2. The van der Waals surface area contributed by atoms with Gasteiger partial charge in [-0.05, 0) is 30.9 Å². The minimum atomic E-state index is -3.42. The van der Waals surface area contributed by atoms with E-state index in [0.29, 0.717) is 30.6 Å². The van der Waals surface area contributed by atoms with Crippen LogP contribution in [0.2, 0.25) is 0 Å². The Labute approximate surface area is 142 Å².